The van der Waals surface area contributed by atoms with E-state index in [1.807, 2.05) is 4.90 Å². The number of likely N-dealkylation sites (tertiary alicyclic amines) is 1. The smallest absolute Gasteiger partial charge is 0.222 e. The second-order valence-corrected chi connectivity index (χ2v) is 5.08. The Morgan fingerprint density at radius 1 is 1.25 bits per heavy atom. The lowest BCUT2D eigenvalue weighted by Gasteiger charge is -2.17. The van der Waals surface area contributed by atoms with Gasteiger partial charge in [-0.2, -0.15) is 0 Å². The standard InChI is InChI=1S/C12H22N2O.ClH/c13-11-7-8-14(9-11)12(15)6-5-10-3-1-2-4-10;/h10-11H,1-9,13H2;1H. The monoisotopic (exact) mass is 246 g/mol. The van der Waals surface area contributed by atoms with E-state index in [-0.39, 0.29) is 18.4 Å². The molecule has 1 unspecified atom stereocenters. The lowest BCUT2D eigenvalue weighted by Crippen LogP contribution is -2.31. The van der Waals surface area contributed by atoms with E-state index in [0.717, 1.165) is 38.3 Å². The Morgan fingerprint density at radius 2 is 1.94 bits per heavy atom. The van der Waals surface area contributed by atoms with Crippen LogP contribution in [0.4, 0.5) is 0 Å². The topological polar surface area (TPSA) is 46.3 Å². The van der Waals surface area contributed by atoms with Gasteiger partial charge < -0.3 is 10.6 Å². The normalized spacial score (nSPS) is 25.8. The van der Waals surface area contributed by atoms with Gasteiger partial charge in [-0.1, -0.05) is 25.7 Å². The largest absolute Gasteiger partial charge is 0.341 e. The number of rotatable bonds is 3. The summed E-state index contributed by atoms with van der Waals surface area (Å²) in [5.41, 5.74) is 5.79. The van der Waals surface area contributed by atoms with E-state index in [1.165, 1.54) is 25.7 Å². The SMILES string of the molecule is Cl.NC1CCN(C(=O)CCC2CCCC2)C1. The molecule has 2 fully saturated rings. The molecule has 2 aliphatic rings. The minimum atomic E-state index is 0. The Bertz CT molecular complexity index is 229. The van der Waals surface area contributed by atoms with E-state index in [1.54, 1.807) is 0 Å². The van der Waals surface area contributed by atoms with Crippen molar-refractivity contribution >= 4 is 18.3 Å². The van der Waals surface area contributed by atoms with Crippen LogP contribution in [0.1, 0.15) is 44.9 Å². The average Bonchev–Trinajstić information content (AvgIpc) is 2.84. The van der Waals surface area contributed by atoms with Crippen LogP contribution in [0.25, 0.3) is 0 Å². The molecule has 1 heterocycles. The molecule has 94 valence electrons. The van der Waals surface area contributed by atoms with Crippen LogP contribution in [0.5, 0.6) is 0 Å². The third kappa shape index (κ3) is 3.63. The minimum Gasteiger partial charge on any atom is -0.341 e. The van der Waals surface area contributed by atoms with Crippen molar-refractivity contribution in [2.45, 2.75) is 51.0 Å². The van der Waals surface area contributed by atoms with Crippen LogP contribution in [0.3, 0.4) is 0 Å². The number of hydrogen-bond donors (Lipinski definition) is 1. The summed E-state index contributed by atoms with van der Waals surface area (Å²) >= 11 is 0. The van der Waals surface area contributed by atoms with Crippen LogP contribution in [-0.4, -0.2) is 29.9 Å². The highest BCUT2D eigenvalue weighted by atomic mass is 35.5. The van der Waals surface area contributed by atoms with Gasteiger partial charge in [-0.15, -0.1) is 12.4 Å². The Morgan fingerprint density at radius 3 is 2.50 bits per heavy atom. The summed E-state index contributed by atoms with van der Waals surface area (Å²) in [5.74, 6) is 1.15. The zero-order valence-electron chi connectivity index (χ0n) is 9.86. The molecule has 1 saturated heterocycles. The van der Waals surface area contributed by atoms with E-state index in [2.05, 4.69) is 0 Å². The van der Waals surface area contributed by atoms with Gasteiger partial charge in [-0.3, -0.25) is 4.79 Å². The molecule has 4 heteroatoms. The molecule has 2 N–H and O–H groups in total. The van der Waals surface area contributed by atoms with Gasteiger partial charge in [0.15, 0.2) is 0 Å². The van der Waals surface area contributed by atoms with Crippen molar-refractivity contribution < 1.29 is 4.79 Å². The maximum absolute atomic E-state index is 11.8. The van der Waals surface area contributed by atoms with Crippen molar-refractivity contribution in [2.75, 3.05) is 13.1 Å². The molecular weight excluding hydrogens is 224 g/mol. The summed E-state index contributed by atoms with van der Waals surface area (Å²) in [5, 5.41) is 0. The Balaban J connectivity index is 0.00000128. The van der Waals surface area contributed by atoms with Crippen LogP contribution in [0.15, 0.2) is 0 Å². The Kier molecular flexibility index (Phi) is 5.56. The van der Waals surface area contributed by atoms with E-state index in [4.69, 9.17) is 5.73 Å². The van der Waals surface area contributed by atoms with E-state index in [9.17, 15) is 4.79 Å². The predicted molar refractivity (Wildman–Crippen MR) is 67.6 cm³/mol. The molecule has 0 radical (unpaired) electrons. The predicted octanol–water partition coefficient (Wildman–Crippen LogP) is 1.94. The second kappa shape index (κ2) is 6.45. The number of hydrogen-bond acceptors (Lipinski definition) is 2. The van der Waals surface area contributed by atoms with Crippen molar-refractivity contribution in [2.24, 2.45) is 11.7 Å². The lowest BCUT2D eigenvalue weighted by atomic mass is 10.0. The third-order valence-electron chi connectivity index (χ3n) is 3.82. The summed E-state index contributed by atoms with van der Waals surface area (Å²) < 4.78 is 0. The molecule has 1 aliphatic heterocycles. The molecule has 0 bridgehead atoms. The Labute approximate surface area is 104 Å². The first kappa shape index (κ1) is 13.8. The zero-order chi connectivity index (χ0) is 10.7. The molecule has 1 aliphatic carbocycles. The van der Waals surface area contributed by atoms with E-state index in [0.29, 0.717) is 5.91 Å². The van der Waals surface area contributed by atoms with Crippen molar-refractivity contribution in [1.82, 2.24) is 4.90 Å². The number of amides is 1. The van der Waals surface area contributed by atoms with Crippen molar-refractivity contribution in [3.05, 3.63) is 0 Å². The number of nitrogens with two attached hydrogens (primary N) is 1. The van der Waals surface area contributed by atoms with Gasteiger partial charge in [-0.25, -0.2) is 0 Å². The number of carbonyl (C=O) groups excluding carboxylic acids is 1. The van der Waals surface area contributed by atoms with Gasteiger partial charge in [0.1, 0.15) is 0 Å². The highest BCUT2D eigenvalue weighted by molar-refractivity contribution is 5.85. The van der Waals surface area contributed by atoms with Gasteiger partial charge in [0.2, 0.25) is 5.91 Å². The maximum Gasteiger partial charge on any atom is 0.222 e. The molecule has 0 spiro atoms. The molecule has 0 aromatic heterocycles. The molecule has 0 aromatic carbocycles. The molecule has 1 atom stereocenters. The van der Waals surface area contributed by atoms with Crippen molar-refractivity contribution in [3.63, 3.8) is 0 Å². The van der Waals surface area contributed by atoms with Gasteiger partial charge in [-0.05, 0) is 18.8 Å². The highest BCUT2D eigenvalue weighted by Crippen LogP contribution is 2.28. The first-order chi connectivity index (χ1) is 7.25. The quantitative estimate of drug-likeness (QED) is 0.827. The first-order valence-electron chi connectivity index (χ1n) is 6.29. The summed E-state index contributed by atoms with van der Waals surface area (Å²) in [6.45, 7) is 1.66. The molecule has 3 nitrogen and oxygen atoms in total. The van der Waals surface area contributed by atoms with Crippen LogP contribution in [0, 0.1) is 5.92 Å². The summed E-state index contributed by atoms with van der Waals surface area (Å²) in [4.78, 5) is 13.8. The molecule has 16 heavy (non-hydrogen) atoms. The van der Waals surface area contributed by atoms with Crippen molar-refractivity contribution in [1.29, 1.82) is 0 Å². The van der Waals surface area contributed by atoms with Gasteiger partial charge in [0, 0.05) is 25.6 Å². The molecular formula is C12H23ClN2O. The fourth-order valence-electron chi connectivity index (χ4n) is 2.80. The fourth-order valence-corrected chi connectivity index (χ4v) is 2.80. The first-order valence-corrected chi connectivity index (χ1v) is 6.29. The van der Waals surface area contributed by atoms with Crippen molar-refractivity contribution in [3.8, 4) is 0 Å². The summed E-state index contributed by atoms with van der Waals surface area (Å²) in [6.07, 6.45) is 8.25. The molecule has 1 amide bonds. The maximum atomic E-state index is 11.8. The minimum absolute atomic E-state index is 0. The third-order valence-corrected chi connectivity index (χ3v) is 3.82. The van der Waals surface area contributed by atoms with E-state index < -0.39 is 0 Å². The fraction of sp³-hybridized carbons (Fsp3) is 0.917. The van der Waals surface area contributed by atoms with Crippen LogP contribution in [-0.2, 0) is 4.79 Å². The van der Waals surface area contributed by atoms with Gasteiger partial charge in [0.05, 0.1) is 0 Å². The van der Waals surface area contributed by atoms with E-state index >= 15 is 0 Å². The average molecular weight is 247 g/mol. The lowest BCUT2D eigenvalue weighted by molar-refractivity contribution is -0.130. The number of nitrogens with zero attached hydrogens (tertiary/aromatic N) is 1. The number of halogens is 1. The molecule has 1 saturated carbocycles. The summed E-state index contributed by atoms with van der Waals surface area (Å²) in [6, 6.07) is 0.223. The number of carbonyl (C=O) groups is 1. The zero-order valence-corrected chi connectivity index (χ0v) is 10.7. The van der Waals surface area contributed by atoms with Crippen LogP contribution in [0.2, 0.25) is 0 Å². The van der Waals surface area contributed by atoms with Crippen LogP contribution < -0.4 is 5.73 Å². The highest BCUT2D eigenvalue weighted by Gasteiger charge is 2.24. The molecule has 2 rings (SSSR count). The second-order valence-electron chi connectivity index (χ2n) is 5.08. The molecule has 0 aromatic rings. The Hall–Kier alpha value is -0.280. The van der Waals surface area contributed by atoms with Gasteiger partial charge in [0.25, 0.3) is 0 Å². The summed E-state index contributed by atoms with van der Waals surface area (Å²) in [7, 11) is 0. The van der Waals surface area contributed by atoms with Crippen LogP contribution >= 0.6 is 12.4 Å². The van der Waals surface area contributed by atoms with Gasteiger partial charge >= 0.3 is 0 Å².